The zero-order chi connectivity index (χ0) is 14.3. The third-order valence-corrected chi connectivity index (χ3v) is 4.28. The Morgan fingerprint density at radius 3 is 2.55 bits per heavy atom. The van der Waals surface area contributed by atoms with E-state index in [0.717, 1.165) is 12.2 Å². The molecule has 1 atom stereocenters. The van der Waals surface area contributed by atoms with Crippen LogP contribution in [0.5, 0.6) is 0 Å². The van der Waals surface area contributed by atoms with E-state index in [9.17, 15) is 5.26 Å². The lowest BCUT2D eigenvalue weighted by Crippen LogP contribution is -2.43. The minimum Gasteiger partial charge on any atom is -0.378 e. The summed E-state index contributed by atoms with van der Waals surface area (Å²) in [6.07, 6.45) is 6.54. The van der Waals surface area contributed by atoms with Crippen molar-refractivity contribution in [1.29, 1.82) is 5.26 Å². The zero-order valence-corrected chi connectivity index (χ0v) is 12.3. The Balaban J connectivity index is 1.94. The molecule has 1 saturated carbocycles. The van der Waals surface area contributed by atoms with Crippen LogP contribution >= 0.6 is 0 Å². The summed E-state index contributed by atoms with van der Waals surface area (Å²) in [5.41, 5.74) is 0.226. The highest BCUT2D eigenvalue weighted by Crippen LogP contribution is 2.25. The Hall–Kier alpha value is -1.37. The molecule has 1 aromatic rings. The van der Waals surface area contributed by atoms with Gasteiger partial charge in [-0.05, 0) is 31.4 Å². The second-order valence-electron chi connectivity index (χ2n) is 5.65. The number of ether oxygens (including phenoxy) is 1. The molecule has 1 aliphatic rings. The van der Waals surface area contributed by atoms with Gasteiger partial charge in [-0.25, -0.2) is 0 Å². The van der Waals surface area contributed by atoms with Crippen molar-refractivity contribution < 1.29 is 4.74 Å². The molecular weight excluding hydrogens is 248 g/mol. The Labute approximate surface area is 121 Å². The second-order valence-corrected chi connectivity index (χ2v) is 5.65. The summed E-state index contributed by atoms with van der Waals surface area (Å²) < 4.78 is 5.89. The van der Waals surface area contributed by atoms with Gasteiger partial charge in [0.1, 0.15) is 0 Å². The standard InChI is InChI=1S/C17H24N2O/c1-19-17(13-18,16-10-6-3-7-11-16)14-20-12-15-8-4-2-5-9-15/h3,6-7,10-11,15,19H,2,4-5,8-9,12,14H2,1H3. The highest BCUT2D eigenvalue weighted by molar-refractivity contribution is 5.31. The molecule has 1 N–H and O–H groups in total. The topological polar surface area (TPSA) is 45.0 Å². The molecule has 1 aliphatic carbocycles. The fourth-order valence-electron chi connectivity index (χ4n) is 2.91. The van der Waals surface area contributed by atoms with Gasteiger partial charge in [-0.1, -0.05) is 49.6 Å². The molecule has 0 aliphatic heterocycles. The van der Waals surface area contributed by atoms with E-state index in [0.29, 0.717) is 12.5 Å². The maximum absolute atomic E-state index is 9.57. The number of nitriles is 1. The van der Waals surface area contributed by atoms with Gasteiger partial charge in [0.2, 0.25) is 0 Å². The summed E-state index contributed by atoms with van der Waals surface area (Å²) in [7, 11) is 1.82. The number of nitrogens with zero attached hydrogens (tertiary/aromatic N) is 1. The Bertz CT molecular complexity index is 434. The highest BCUT2D eigenvalue weighted by Gasteiger charge is 2.31. The first-order chi connectivity index (χ1) is 9.80. The van der Waals surface area contributed by atoms with Crippen molar-refractivity contribution in [2.75, 3.05) is 20.3 Å². The minimum absolute atomic E-state index is 0.403. The molecule has 0 radical (unpaired) electrons. The summed E-state index contributed by atoms with van der Waals surface area (Å²) in [6.45, 7) is 1.18. The van der Waals surface area contributed by atoms with Gasteiger partial charge in [0.15, 0.2) is 5.54 Å². The van der Waals surface area contributed by atoms with E-state index in [4.69, 9.17) is 4.74 Å². The van der Waals surface area contributed by atoms with Gasteiger partial charge >= 0.3 is 0 Å². The molecule has 1 unspecified atom stereocenters. The average Bonchev–Trinajstić information content (AvgIpc) is 2.54. The van der Waals surface area contributed by atoms with Crippen LogP contribution in [0, 0.1) is 17.2 Å². The molecule has 3 nitrogen and oxygen atoms in total. The molecule has 0 aromatic heterocycles. The van der Waals surface area contributed by atoms with Crippen molar-refractivity contribution in [3.05, 3.63) is 35.9 Å². The van der Waals surface area contributed by atoms with Gasteiger partial charge in [-0.3, -0.25) is 5.32 Å². The van der Waals surface area contributed by atoms with Crippen LogP contribution in [0.1, 0.15) is 37.7 Å². The summed E-state index contributed by atoms with van der Waals surface area (Å²) in [5.74, 6) is 0.674. The molecule has 108 valence electrons. The van der Waals surface area contributed by atoms with Crippen LogP contribution in [0.15, 0.2) is 30.3 Å². The van der Waals surface area contributed by atoms with E-state index in [1.807, 2.05) is 37.4 Å². The van der Waals surface area contributed by atoms with Crippen LogP contribution < -0.4 is 5.32 Å². The van der Waals surface area contributed by atoms with Crippen molar-refractivity contribution in [3.63, 3.8) is 0 Å². The van der Waals surface area contributed by atoms with Crippen LogP contribution in [-0.2, 0) is 10.3 Å². The number of rotatable bonds is 6. The molecule has 1 aromatic carbocycles. The zero-order valence-electron chi connectivity index (χ0n) is 12.3. The SMILES string of the molecule is CNC(C#N)(COCC1CCCCC1)c1ccccc1. The smallest absolute Gasteiger partial charge is 0.155 e. The lowest BCUT2D eigenvalue weighted by atomic mass is 9.89. The maximum atomic E-state index is 9.57. The van der Waals surface area contributed by atoms with E-state index in [1.54, 1.807) is 0 Å². The van der Waals surface area contributed by atoms with Gasteiger partial charge in [0.05, 0.1) is 12.7 Å². The van der Waals surface area contributed by atoms with Crippen molar-refractivity contribution in [3.8, 4) is 6.07 Å². The van der Waals surface area contributed by atoms with Gasteiger partial charge in [0.25, 0.3) is 0 Å². The molecule has 2 rings (SSSR count). The predicted octanol–water partition coefficient (Wildman–Crippen LogP) is 3.22. The third-order valence-electron chi connectivity index (χ3n) is 4.28. The first kappa shape index (κ1) is 15.0. The van der Waals surface area contributed by atoms with Gasteiger partial charge < -0.3 is 4.74 Å². The number of hydrogen-bond donors (Lipinski definition) is 1. The second kappa shape index (κ2) is 7.42. The largest absolute Gasteiger partial charge is 0.378 e. The quantitative estimate of drug-likeness (QED) is 0.864. The molecule has 3 heteroatoms. The predicted molar refractivity (Wildman–Crippen MR) is 80.2 cm³/mol. The van der Waals surface area contributed by atoms with Crippen LogP contribution in [-0.4, -0.2) is 20.3 Å². The summed E-state index contributed by atoms with van der Waals surface area (Å²) in [6, 6.07) is 12.2. The van der Waals surface area contributed by atoms with Crippen molar-refractivity contribution >= 4 is 0 Å². The average molecular weight is 272 g/mol. The first-order valence-corrected chi connectivity index (χ1v) is 7.54. The van der Waals surface area contributed by atoms with E-state index in [2.05, 4.69) is 11.4 Å². The van der Waals surface area contributed by atoms with Crippen LogP contribution in [0.2, 0.25) is 0 Å². The molecule has 0 spiro atoms. The van der Waals surface area contributed by atoms with Crippen molar-refractivity contribution in [2.24, 2.45) is 5.92 Å². The highest BCUT2D eigenvalue weighted by atomic mass is 16.5. The molecular formula is C17H24N2O. The van der Waals surface area contributed by atoms with Crippen LogP contribution in [0.4, 0.5) is 0 Å². The Kier molecular flexibility index (Phi) is 5.58. The number of benzene rings is 1. The van der Waals surface area contributed by atoms with E-state index in [-0.39, 0.29) is 0 Å². The van der Waals surface area contributed by atoms with Crippen LogP contribution in [0.25, 0.3) is 0 Å². The first-order valence-electron chi connectivity index (χ1n) is 7.54. The Morgan fingerprint density at radius 2 is 1.95 bits per heavy atom. The lowest BCUT2D eigenvalue weighted by Gasteiger charge is -2.28. The molecule has 1 fully saturated rings. The fraction of sp³-hybridized carbons (Fsp3) is 0.588. The molecule has 0 saturated heterocycles. The number of likely N-dealkylation sites (N-methyl/N-ethyl adjacent to an activating group) is 1. The maximum Gasteiger partial charge on any atom is 0.155 e. The summed E-state index contributed by atoms with van der Waals surface area (Å²) in [5, 5.41) is 12.7. The van der Waals surface area contributed by atoms with E-state index < -0.39 is 5.54 Å². The minimum atomic E-state index is -0.740. The van der Waals surface area contributed by atoms with Gasteiger partial charge in [0, 0.05) is 6.61 Å². The molecule has 0 heterocycles. The monoisotopic (exact) mass is 272 g/mol. The normalized spacial score (nSPS) is 19.2. The van der Waals surface area contributed by atoms with Gasteiger partial charge in [-0.2, -0.15) is 5.26 Å². The molecule has 0 bridgehead atoms. The van der Waals surface area contributed by atoms with Crippen LogP contribution in [0.3, 0.4) is 0 Å². The Morgan fingerprint density at radius 1 is 1.25 bits per heavy atom. The van der Waals surface area contributed by atoms with Crippen molar-refractivity contribution in [2.45, 2.75) is 37.6 Å². The summed E-state index contributed by atoms with van der Waals surface area (Å²) >= 11 is 0. The number of nitrogens with one attached hydrogen (secondary N) is 1. The fourth-order valence-corrected chi connectivity index (χ4v) is 2.91. The molecule has 20 heavy (non-hydrogen) atoms. The molecule has 0 amide bonds. The van der Waals surface area contributed by atoms with Crippen molar-refractivity contribution in [1.82, 2.24) is 5.32 Å². The lowest BCUT2D eigenvalue weighted by molar-refractivity contribution is 0.0547. The third kappa shape index (κ3) is 3.59. The summed E-state index contributed by atoms with van der Waals surface area (Å²) in [4.78, 5) is 0. The number of hydrogen-bond acceptors (Lipinski definition) is 3. The van der Waals surface area contributed by atoms with E-state index >= 15 is 0 Å². The van der Waals surface area contributed by atoms with E-state index in [1.165, 1.54) is 32.1 Å². The van der Waals surface area contributed by atoms with Gasteiger partial charge in [-0.15, -0.1) is 0 Å².